The predicted octanol–water partition coefficient (Wildman–Crippen LogP) is 2.21. The molecule has 170 valence electrons. The van der Waals surface area contributed by atoms with E-state index in [2.05, 4.69) is 10.6 Å². The Morgan fingerprint density at radius 3 is 2.75 bits per heavy atom. The normalized spacial score (nSPS) is 18.2. The molecule has 2 aliphatic rings. The number of carbonyl (C=O) groups is 3. The summed E-state index contributed by atoms with van der Waals surface area (Å²) in [6.45, 7) is 4.61. The van der Waals surface area contributed by atoms with Gasteiger partial charge in [0.1, 0.15) is 11.8 Å². The lowest BCUT2D eigenvalue weighted by atomic mass is 10.0. The van der Waals surface area contributed by atoms with Gasteiger partial charge >= 0.3 is 0 Å². The van der Waals surface area contributed by atoms with Crippen LogP contribution in [-0.2, 0) is 20.9 Å². The minimum Gasteiger partial charge on any atom is -0.467 e. The first-order valence-electron chi connectivity index (χ1n) is 10.7. The second kappa shape index (κ2) is 9.33. The van der Waals surface area contributed by atoms with Gasteiger partial charge in [-0.1, -0.05) is 13.8 Å². The maximum absolute atomic E-state index is 13.0. The molecular weight excluding hydrogens is 414 g/mol. The van der Waals surface area contributed by atoms with Crippen LogP contribution in [0.2, 0.25) is 0 Å². The van der Waals surface area contributed by atoms with Crippen LogP contribution < -0.4 is 25.0 Å². The molecule has 0 radical (unpaired) electrons. The summed E-state index contributed by atoms with van der Waals surface area (Å²) in [6.07, 6.45) is 2.11. The Labute approximate surface area is 186 Å². The Balaban J connectivity index is 1.38. The number of hydrogen-bond donors (Lipinski definition) is 2. The van der Waals surface area contributed by atoms with Gasteiger partial charge in [-0.15, -0.1) is 0 Å². The summed E-state index contributed by atoms with van der Waals surface area (Å²) in [5.74, 6) is 0.770. The lowest BCUT2D eigenvalue weighted by Gasteiger charge is -2.22. The fraction of sp³-hybridized carbons (Fsp3) is 0.435. The van der Waals surface area contributed by atoms with Crippen LogP contribution in [0.3, 0.4) is 0 Å². The van der Waals surface area contributed by atoms with E-state index in [9.17, 15) is 14.4 Å². The third-order valence-electron chi connectivity index (χ3n) is 5.52. The summed E-state index contributed by atoms with van der Waals surface area (Å²) in [7, 11) is 0. The van der Waals surface area contributed by atoms with Gasteiger partial charge in [0.2, 0.25) is 24.5 Å². The fourth-order valence-electron chi connectivity index (χ4n) is 3.89. The highest BCUT2D eigenvalue weighted by Gasteiger charge is 2.37. The molecule has 4 rings (SSSR count). The molecule has 0 spiro atoms. The van der Waals surface area contributed by atoms with Gasteiger partial charge in [0, 0.05) is 24.7 Å². The number of nitrogens with zero attached hydrogens (tertiary/aromatic N) is 1. The zero-order valence-corrected chi connectivity index (χ0v) is 18.1. The van der Waals surface area contributed by atoms with Crippen LogP contribution in [0, 0.1) is 11.8 Å². The molecule has 1 aromatic carbocycles. The number of carbonyl (C=O) groups excluding carboxylic acids is 3. The molecule has 1 unspecified atom stereocenters. The van der Waals surface area contributed by atoms with Crippen LogP contribution >= 0.6 is 0 Å². The van der Waals surface area contributed by atoms with Crippen molar-refractivity contribution < 1.29 is 28.3 Å². The molecule has 3 heterocycles. The van der Waals surface area contributed by atoms with E-state index in [1.165, 1.54) is 6.26 Å². The standard InChI is InChI=1S/C23H27N3O6/c1-14(2)8-18(23(29)24-11-17-4-3-7-30-17)25-22(28)15-9-21(27)26(12-15)16-5-6-19-20(10-16)32-13-31-19/h3-7,10,14-15,18H,8-9,11-13H2,1-2H3,(H,24,29)(H,25,28)/t15?,18-/m0/s1. The highest BCUT2D eigenvalue weighted by atomic mass is 16.7. The molecule has 2 atom stereocenters. The smallest absolute Gasteiger partial charge is 0.242 e. The minimum absolute atomic E-state index is 0.0860. The first-order valence-corrected chi connectivity index (χ1v) is 10.7. The van der Waals surface area contributed by atoms with E-state index in [1.807, 2.05) is 13.8 Å². The highest BCUT2D eigenvalue weighted by molar-refractivity contribution is 6.01. The monoisotopic (exact) mass is 441 g/mol. The molecule has 0 aliphatic carbocycles. The number of nitrogens with one attached hydrogen (secondary N) is 2. The van der Waals surface area contributed by atoms with Gasteiger partial charge in [-0.25, -0.2) is 0 Å². The van der Waals surface area contributed by atoms with E-state index in [0.29, 0.717) is 29.4 Å². The summed E-state index contributed by atoms with van der Waals surface area (Å²) in [5, 5.41) is 5.65. The summed E-state index contributed by atoms with van der Waals surface area (Å²) in [5.41, 5.74) is 0.657. The van der Waals surface area contributed by atoms with Crippen LogP contribution in [0.5, 0.6) is 11.5 Å². The van der Waals surface area contributed by atoms with Crippen LogP contribution in [-0.4, -0.2) is 37.1 Å². The van der Waals surface area contributed by atoms with E-state index in [1.54, 1.807) is 35.2 Å². The van der Waals surface area contributed by atoms with Crippen LogP contribution in [0.4, 0.5) is 5.69 Å². The molecule has 0 bridgehead atoms. The van der Waals surface area contributed by atoms with Crippen molar-refractivity contribution in [2.24, 2.45) is 11.8 Å². The molecule has 2 aromatic rings. The third-order valence-corrected chi connectivity index (χ3v) is 5.52. The van der Waals surface area contributed by atoms with Gasteiger partial charge in [0.15, 0.2) is 11.5 Å². The third kappa shape index (κ3) is 4.87. The van der Waals surface area contributed by atoms with E-state index >= 15 is 0 Å². The maximum atomic E-state index is 13.0. The van der Waals surface area contributed by atoms with Crippen LogP contribution in [0.25, 0.3) is 0 Å². The average Bonchev–Trinajstić information content (AvgIpc) is 3.51. The van der Waals surface area contributed by atoms with Crippen molar-refractivity contribution in [3.63, 3.8) is 0 Å². The topological polar surface area (TPSA) is 110 Å². The van der Waals surface area contributed by atoms with E-state index < -0.39 is 12.0 Å². The molecule has 0 saturated carbocycles. The molecule has 1 aromatic heterocycles. The van der Waals surface area contributed by atoms with Gasteiger partial charge in [-0.05, 0) is 36.6 Å². The van der Waals surface area contributed by atoms with Crippen molar-refractivity contribution in [3.05, 3.63) is 42.4 Å². The largest absolute Gasteiger partial charge is 0.467 e. The van der Waals surface area contributed by atoms with Crippen LogP contribution in [0.1, 0.15) is 32.4 Å². The van der Waals surface area contributed by atoms with Crippen molar-refractivity contribution in [1.29, 1.82) is 0 Å². The molecule has 9 heteroatoms. The number of hydrogen-bond acceptors (Lipinski definition) is 6. The predicted molar refractivity (Wildman–Crippen MR) is 115 cm³/mol. The zero-order chi connectivity index (χ0) is 22.7. The van der Waals surface area contributed by atoms with Crippen molar-refractivity contribution in [2.45, 2.75) is 39.3 Å². The van der Waals surface area contributed by atoms with Gasteiger partial charge in [-0.2, -0.15) is 0 Å². The second-order valence-electron chi connectivity index (χ2n) is 8.43. The Morgan fingerprint density at radius 1 is 1.19 bits per heavy atom. The van der Waals surface area contributed by atoms with Crippen molar-refractivity contribution in [1.82, 2.24) is 10.6 Å². The summed E-state index contributed by atoms with van der Waals surface area (Å²) in [6, 6.07) is 8.09. The molecule has 2 N–H and O–H groups in total. The lowest BCUT2D eigenvalue weighted by Crippen LogP contribution is -2.49. The first kappa shape index (κ1) is 21.7. The minimum atomic E-state index is -0.688. The van der Waals surface area contributed by atoms with Gasteiger partial charge in [-0.3, -0.25) is 14.4 Å². The number of rotatable bonds is 8. The average molecular weight is 441 g/mol. The summed E-state index contributed by atoms with van der Waals surface area (Å²) < 4.78 is 15.9. The van der Waals surface area contributed by atoms with E-state index in [-0.39, 0.29) is 49.9 Å². The fourth-order valence-corrected chi connectivity index (χ4v) is 3.89. The first-order chi connectivity index (χ1) is 15.4. The van der Waals surface area contributed by atoms with E-state index in [0.717, 1.165) is 0 Å². The quantitative estimate of drug-likeness (QED) is 0.650. The molecule has 1 fully saturated rings. The number of ether oxygens (including phenoxy) is 2. The summed E-state index contributed by atoms with van der Waals surface area (Å²) >= 11 is 0. The Bertz CT molecular complexity index is 988. The van der Waals surface area contributed by atoms with E-state index in [4.69, 9.17) is 13.9 Å². The van der Waals surface area contributed by atoms with Gasteiger partial charge < -0.3 is 29.4 Å². The Kier molecular flexibility index (Phi) is 6.34. The zero-order valence-electron chi connectivity index (χ0n) is 18.1. The lowest BCUT2D eigenvalue weighted by molar-refractivity contribution is -0.131. The number of furan rings is 1. The molecule has 9 nitrogen and oxygen atoms in total. The molecule has 32 heavy (non-hydrogen) atoms. The number of anilines is 1. The number of benzene rings is 1. The maximum Gasteiger partial charge on any atom is 0.242 e. The van der Waals surface area contributed by atoms with Crippen LogP contribution in [0.15, 0.2) is 41.0 Å². The Hall–Kier alpha value is -3.49. The molecule has 2 aliphatic heterocycles. The highest BCUT2D eigenvalue weighted by Crippen LogP contribution is 2.37. The SMILES string of the molecule is CC(C)C[C@H](NC(=O)C1CC(=O)N(c2ccc3c(c2)OCO3)C1)C(=O)NCc1ccco1. The molecule has 1 saturated heterocycles. The number of amides is 3. The van der Waals surface area contributed by atoms with Gasteiger partial charge in [0.05, 0.1) is 18.7 Å². The second-order valence-corrected chi connectivity index (χ2v) is 8.43. The molecule has 3 amide bonds. The molecular formula is C23H27N3O6. The van der Waals surface area contributed by atoms with Gasteiger partial charge in [0.25, 0.3) is 0 Å². The summed E-state index contributed by atoms with van der Waals surface area (Å²) in [4.78, 5) is 39.8. The van der Waals surface area contributed by atoms with Crippen molar-refractivity contribution in [2.75, 3.05) is 18.2 Å². The Morgan fingerprint density at radius 2 is 2.00 bits per heavy atom. The van der Waals surface area contributed by atoms with Crippen molar-refractivity contribution >= 4 is 23.4 Å². The number of fused-ring (bicyclic) bond motifs is 1. The van der Waals surface area contributed by atoms with Crippen molar-refractivity contribution in [3.8, 4) is 11.5 Å².